The average molecular weight is 306 g/mol. The number of aryl methyl sites for hydroxylation is 2. The van der Waals surface area contributed by atoms with Crippen molar-refractivity contribution in [3.05, 3.63) is 71.9 Å². The van der Waals surface area contributed by atoms with Gasteiger partial charge in [-0.15, -0.1) is 0 Å². The molecule has 1 heterocycles. The first kappa shape index (κ1) is 15.3. The molecule has 0 fully saturated rings. The zero-order valence-electron chi connectivity index (χ0n) is 13.6. The van der Waals surface area contributed by atoms with E-state index in [4.69, 9.17) is 0 Å². The summed E-state index contributed by atoms with van der Waals surface area (Å²) in [5.74, 6) is 0.0921. The van der Waals surface area contributed by atoms with E-state index in [0.29, 0.717) is 6.42 Å². The van der Waals surface area contributed by atoms with Crippen LogP contribution < -0.4 is 5.32 Å². The Hall–Kier alpha value is -2.55. The Balaban J connectivity index is 1.57. The lowest BCUT2D eigenvalue weighted by Crippen LogP contribution is -2.26. The third-order valence-electron chi connectivity index (χ3n) is 4.27. The zero-order valence-corrected chi connectivity index (χ0v) is 13.6. The molecule has 0 aliphatic carbocycles. The highest BCUT2D eigenvalue weighted by molar-refractivity contribution is 5.81. The second kappa shape index (κ2) is 6.69. The zero-order chi connectivity index (χ0) is 16.2. The van der Waals surface area contributed by atoms with Crippen LogP contribution >= 0.6 is 0 Å². The minimum absolute atomic E-state index is 0.0419. The number of rotatable bonds is 5. The summed E-state index contributed by atoms with van der Waals surface area (Å²) in [6.07, 6.45) is 3.33. The van der Waals surface area contributed by atoms with Crippen LogP contribution in [0.1, 0.15) is 30.5 Å². The molecule has 3 aromatic rings. The van der Waals surface area contributed by atoms with Crippen molar-refractivity contribution in [2.75, 3.05) is 0 Å². The van der Waals surface area contributed by atoms with Gasteiger partial charge >= 0.3 is 0 Å². The molecule has 0 saturated heterocycles. The van der Waals surface area contributed by atoms with E-state index in [-0.39, 0.29) is 11.9 Å². The maximum absolute atomic E-state index is 12.2. The van der Waals surface area contributed by atoms with E-state index in [1.807, 2.05) is 44.3 Å². The number of carbonyl (C=O) groups is 1. The van der Waals surface area contributed by atoms with Crippen molar-refractivity contribution < 1.29 is 4.79 Å². The summed E-state index contributed by atoms with van der Waals surface area (Å²) in [5.41, 5.74) is 3.55. The van der Waals surface area contributed by atoms with Gasteiger partial charge in [0.05, 0.1) is 6.04 Å². The Kier molecular flexibility index (Phi) is 4.47. The van der Waals surface area contributed by atoms with Crippen LogP contribution in [0.4, 0.5) is 0 Å². The molecule has 23 heavy (non-hydrogen) atoms. The van der Waals surface area contributed by atoms with E-state index in [1.165, 1.54) is 16.5 Å². The quantitative estimate of drug-likeness (QED) is 0.760. The van der Waals surface area contributed by atoms with Gasteiger partial charge in [0.15, 0.2) is 0 Å². The van der Waals surface area contributed by atoms with Gasteiger partial charge in [-0.05, 0) is 48.1 Å². The van der Waals surface area contributed by atoms with Gasteiger partial charge in [-0.1, -0.05) is 36.4 Å². The SMILES string of the molecule is C[C@@H](NC(=O)CCc1ccc2c(ccn2C)c1)c1ccccc1. The molecule has 0 saturated carbocycles. The van der Waals surface area contributed by atoms with Crippen LogP contribution in [-0.4, -0.2) is 10.5 Å². The van der Waals surface area contributed by atoms with Gasteiger partial charge in [-0.25, -0.2) is 0 Å². The first-order valence-electron chi connectivity index (χ1n) is 8.02. The molecule has 0 aliphatic rings. The molecule has 3 heteroatoms. The Morgan fingerprint density at radius 3 is 2.70 bits per heavy atom. The molecule has 3 rings (SSSR count). The highest BCUT2D eigenvalue weighted by Gasteiger charge is 2.09. The highest BCUT2D eigenvalue weighted by atomic mass is 16.1. The Morgan fingerprint density at radius 2 is 1.91 bits per heavy atom. The van der Waals surface area contributed by atoms with Crippen molar-refractivity contribution in [2.45, 2.75) is 25.8 Å². The molecule has 2 aromatic carbocycles. The van der Waals surface area contributed by atoms with Crippen LogP contribution in [0.5, 0.6) is 0 Å². The number of fused-ring (bicyclic) bond motifs is 1. The van der Waals surface area contributed by atoms with Gasteiger partial charge in [0.25, 0.3) is 0 Å². The predicted octanol–water partition coefficient (Wildman–Crippen LogP) is 3.99. The third-order valence-corrected chi connectivity index (χ3v) is 4.27. The van der Waals surface area contributed by atoms with E-state index in [1.54, 1.807) is 0 Å². The van der Waals surface area contributed by atoms with E-state index >= 15 is 0 Å². The molecule has 0 radical (unpaired) electrons. The van der Waals surface area contributed by atoms with Crippen LogP contribution in [-0.2, 0) is 18.3 Å². The lowest BCUT2D eigenvalue weighted by molar-refractivity contribution is -0.121. The molecular weight excluding hydrogens is 284 g/mol. The smallest absolute Gasteiger partial charge is 0.220 e. The standard InChI is InChI=1S/C20H22N2O/c1-15(17-6-4-3-5-7-17)21-20(23)11-9-16-8-10-19-18(14-16)12-13-22(19)2/h3-8,10,12-15H,9,11H2,1-2H3,(H,21,23)/t15-/m1/s1. The third kappa shape index (κ3) is 3.62. The largest absolute Gasteiger partial charge is 0.351 e. The fourth-order valence-corrected chi connectivity index (χ4v) is 2.88. The van der Waals surface area contributed by atoms with E-state index in [9.17, 15) is 4.79 Å². The van der Waals surface area contributed by atoms with Crippen molar-refractivity contribution in [3.8, 4) is 0 Å². The van der Waals surface area contributed by atoms with Gasteiger partial charge in [0, 0.05) is 25.2 Å². The van der Waals surface area contributed by atoms with Gasteiger partial charge in [0.2, 0.25) is 5.91 Å². The number of nitrogens with zero attached hydrogens (tertiary/aromatic N) is 1. The first-order valence-corrected chi connectivity index (χ1v) is 8.02. The average Bonchev–Trinajstić information content (AvgIpc) is 2.94. The Bertz CT molecular complexity index is 805. The number of hydrogen-bond donors (Lipinski definition) is 1. The first-order chi connectivity index (χ1) is 11.1. The lowest BCUT2D eigenvalue weighted by atomic mass is 10.1. The van der Waals surface area contributed by atoms with Crippen LogP contribution in [0.2, 0.25) is 0 Å². The lowest BCUT2D eigenvalue weighted by Gasteiger charge is -2.14. The summed E-state index contributed by atoms with van der Waals surface area (Å²) in [6.45, 7) is 2.02. The predicted molar refractivity (Wildman–Crippen MR) is 94.2 cm³/mol. The molecule has 118 valence electrons. The normalized spacial score (nSPS) is 12.3. The van der Waals surface area contributed by atoms with Gasteiger partial charge in [-0.2, -0.15) is 0 Å². The van der Waals surface area contributed by atoms with Crippen molar-refractivity contribution in [3.63, 3.8) is 0 Å². The minimum Gasteiger partial charge on any atom is -0.351 e. The fourth-order valence-electron chi connectivity index (χ4n) is 2.88. The fraction of sp³-hybridized carbons (Fsp3) is 0.250. The number of hydrogen-bond acceptors (Lipinski definition) is 1. The van der Waals surface area contributed by atoms with Crippen molar-refractivity contribution >= 4 is 16.8 Å². The Labute approximate surface area is 136 Å². The Morgan fingerprint density at radius 1 is 1.13 bits per heavy atom. The number of carbonyl (C=O) groups excluding carboxylic acids is 1. The van der Waals surface area contributed by atoms with Gasteiger partial charge in [0.1, 0.15) is 0 Å². The van der Waals surface area contributed by atoms with Crippen LogP contribution in [0.3, 0.4) is 0 Å². The monoisotopic (exact) mass is 306 g/mol. The summed E-state index contributed by atoms with van der Waals surface area (Å²) in [5, 5.41) is 4.29. The maximum Gasteiger partial charge on any atom is 0.220 e. The molecule has 0 bridgehead atoms. The van der Waals surface area contributed by atoms with Crippen LogP contribution in [0, 0.1) is 0 Å². The molecular formula is C20H22N2O. The number of aromatic nitrogens is 1. The topological polar surface area (TPSA) is 34.0 Å². The van der Waals surface area contributed by atoms with Gasteiger partial charge in [-0.3, -0.25) is 4.79 Å². The summed E-state index contributed by atoms with van der Waals surface area (Å²) >= 11 is 0. The number of amides is 1. The summed E-state index contributed by atoms with van der Waals surface area (Å²) in [6, 6.07) is 18.6. The second-order valence-corrected chi connectivity index (χ2v) is 6.02. The van der Waals surface area contributed by atoms with Crippen molar-refractivity contribution in [2.24, 2.45) is 7.05 Å². The van der Waals surface area contributed by atoms with Crippen LogP contribution in [0.25, 0.3) is 10.9 Å². The van der Waals surface area contributed by atoms with Gasteiger partial charge < -0.3 is 9.88 Å². The maximum atomic E-state index is 12.2. The highest BCUT2D eigenvalue weighted by Crippen LogP contribution is 2.18. The summed E-state index contributed by atoms with van der Waals surface area (Å²) in [7, 11) is 2.04. The summed E-state index contributed by atoms with van der Waals surface area (Å²) in [4.78, 5) is 12.2. The van der Waals surface area contributed by atoms with Crippen molar-refractivity contribution in [1.82, 2.24) is 9.88 Å². The van der Waals surface area contributed by atoms with E-state index in [0.717, 1.165) is 12.0 Å². The molecule has 0 spiro atoms. The number of nitrogens with one attached hydrogen (secondary N) is 1. The summed E-state index contributed by atoms with van der Waals surface area (Å²) < 4.78 is 2.10. The molecule has 0 unspecified atom stereocenters. The second-order valence-electron chi connectivity index (χ2n) is 6.02. The van der Waals surface area contributed by atoms with E-state index in [2.05, 4.69) is 40.3 Å². The molecule has 1 atom stereocenters. The number of benzene rings is 2. The molecule has 3 nitrogen and oxygen atoms in total. The molecule has 1 N–H and O–H groups in total. The molecule has 1 aromatic heterocycles. The van der Waals surface area contributed by atoms with E-state index < -0.39 is 0 Å². The molecule has 0 aliphatic heterocycles. The van der Waals surface area contributed by atoms with Crippen molar-refractivity contribution in [1.29, 1.82) is 0 Å². The minimum atomic E-state index is 0.0419. The molecule has 1 amide bonds. The van der Waals surface area contributed by atoms with Crippen LogP contribution in [0.15, 0.2) is 60.8 Å².